The number of hydrogen-bond donors (Lipinski definition) is 5. The molecule has 0 heterocycles. The molecule has 0 aliphatic heterocycles. The van der Waals surface area contributed by atoms with E-state index in [0.717, 1.165) is 23.3 Å². The van der Waals surface area contributed by atoms with Crippen molar-refractivity contribution in [3.05, 3.63) is 23.8 Å². The zero-order valence-electron chi connectivity index (χ0n) is 38.8. The SMILES string of the molecule is CCCCOC(=O)C(C)(C)CC(C)(C)C(C)(C)C(C)(CC(C)(C)C(C)(C)C(C)(CC)C(=O)OCCOP(=O)(O)OCC[NH+](C)C)C(=O)NCCc1ccc(O)c(O)c1. The van der Waals surface area contributed by atoms with E-state index in [4.69, 9.17) is 18.5 Å². The molecule has 1 rings (SSSR count). The van der Waals surface area contributed by atoms with Gasteiger partial charge in [-0.1, -0.05) is 88.6 Å². The average Bonchev–Trinajstić information content (AvgIpc) is 3.09. The van der Waals surface area contributed by atoms with Crippen LogP contribution in [0.2, 0.25) is 0 Å². The van der Waals surface area contributed by atoms with Gasteiger partial charge in [0.1, 0.15) is 19.8 Å². The Kier molecular flexibility index (Phi) is 19.0. The average molecular weight is 844 g/mol. The fourth-order valence-electron chi connectivity index (χ4n) is 8.02. The van der Waals surface area contributed by atoms with E-state index in [1.165, 1.54) is 12.1 Å². The lowest BCUT2D eigenvalue weighted by molar-refractivity contribution is -0.858. The Bertz CT molecular complexity index is 1570. The lowest BCUT2D eigenvalue weighted by Crippen LogP contribution is -3.06. The summed E-state index contributed by atoms with van der Waals surface area (Å²) in [6.07, 6.45) is 3.26. The minimum atomic E-state index is -4.32. The van der Waals surface area contributed by atoms with E-state index in [0.29, 0.717) is 38.8 Å². The predicted octanol–water partition coefficient (Wildman–Crippen LogP) is 7.25. The zero-order chi connectivity index (χ0) is 45.2. The Hall–Kier alpha value is -2.70. The fraction of sp³-hybridized carbons (Fsp3) is 0.795. The molecule has 0 bridgehead atoms. The highest BCUT2D eigenvalue weighted by Crippen LogP contribution is 2.64. The standard InChI is InChI=1S/C44H79N2O11P/c1-17-19-25-54-36(50)38(3,4)30-39(5,6)42(11,12)44(14,35(49)45-23-22-32-20-21-33(47)34(48)29-32)31-40(7,8)41(9,10)43(13,18-2)37(51)55-27-28-57-58(52,53)56-26-24-46(15)16/h20-21,29,47-48H,17-19,22-28,30-31H2,1-16H3,(H,45,49)(H,52,53)/p+1. The summed E-state index contributed by atoms with van der Waals surface area (Å²) in [6, 6.07) is 4.58. The van der Waals surface area contributed by atoms with Crippen molar-refractivity contribution in [3.63, 3.8) is 0 Å². The topological polar surface area (TPSA) is 182 Å². The van der Waals surface area contributed by atoms with Gasteiger partial charge in [-0.2, -0.15) is 0 Å². The monoisotopic (exact) mass is 844 g/mol. The van der Waals surface area contributed by atoms with Gasteiger partial charge in [0.25, 0.3) is 0 Å². The van der Waals surface area contributed by atoms with Gasteiger partial charge in [-0.15, -0.1) is 0 Å². The Morgan fingerprint density at radius 3 is 1.79 bits per heavy atom. The number of rotatable bonds is 26. The molecule has 0 fully saturated rings. The largest absolute Gasteiger partial charge is 0.504 e. The molecule has 0 aromatic heterocycles. The van der Waals surface area contributed by atoms with Crippen LogP contribution >= 0.6 is 7.82 Å². The Balaban J connectivity index is 3.55. The summed E-state index contributed by atoms with van der Waals surface area (Å²) in [5, 5.41) is 23.0. The number of esters is 2. The molecule has 5 N–H and O–H groups in total. The van der Waals surface area contributed by atoms with Gasteiger partial charge in [-0.25, -0.2) is 4.57 Å². The van der Waals surface area contributed by atoms with E-state index in [9.17, 15) is 34.1 Å². The lowest BCUT2D eigenvalue weighted by Gasteiger charge is -2.59. The summed E-state index contributed by atoms with van der Waals surface area (Å²) in [5.41, 5.74) is -5.11. The molecule has 58 heavy (non-hydrogen) atoms. The second kappa shape index (κ2) is 20.7. The molecule has 0 saturated carbocycles. The number of nitrogens with one attached hydrogen (secondary N) is 2. The Labute approximate surface area is 349 Å². The van der Waals surface area contributed by atoms with E-state index in [-0.39, 0.29) is 49.7 Å². The van der Waals surface area contributed by atoms with Gasteiger partial charge < -0.3 is 34.8 Å². The number of phenolic OH excluding ortho intramolecular Hbond substituents is 2. The third-order valence-corrected chi connectivity index (χ3v) is 14.9. The fourth-order valence-corrected chi connectivity index (χ4v) is 8.72. The first-order chi connectivity index (χ1) is 26.3. The number of aromatic hydroxyl groups is 2. The van der Waals surface area contributed by atoms with Gasteiger partial charge in [-0.3, -0.25) is 23.4 Å². The molecular weight excluding hydrogens is 763 g/mol. The maximum Gasteiger partial charge on any atom is 0.472 e. The first-order valence-corrected chi connectivity index (χ1v) is 22.3. The molecule has 3 unspecified atom stereocenters. The van der Waals surface area contributed by atoms with Crippen molar-refractivity contribution in [2.24, 2.45) is 37.9 Å². The molecule has 0 spiro atoms. The molecule has 1 aromatic carbocycles. The van der Waals surface area contributed by atoms with E-state index >= 15 is 0 Å². The summed E-state index contributed by atoms with van der Waals surface area (Å²) in [7, 11) is -0.541. The first-order valence-electron chi connectivity index (χ1n) is 20.9. The van der Waals surface area contributed by atoms with Gasteiger partial charge in [-0.05, 0) is 92.2 Å². The number of carbonyl (C=O) groups excluding carboxylic acids is 3. The quantitative estimate of drug-likeness (QED) is 0.0274. The smallest absolute Gasteiger partial charge is 0.472 e. The van der Waals surface area contributed by atoms with Crippen molar-refractivity contribution in [1.82, 2.24) is 5.32 Å². The summed E-state index contributed by atoms with van der Waals surface area (Å²) < 4.78 is 33.8. The lowest BCUT2D eigenvalue weighted by atomic mass is 9.44. The number of unbranched alkanes of at least 4 members (excludes halogenated alkanes) is 1. The summed E-state index contributed by atoms with van der Waals surface area (Å²) in [5.74, 6) is -1.42. The molecule has 0 radical (unpaired) electrons. The minimum Gasteiger partial charge on any atom is -0.504 e. The number of likely N-dealkylation sites (N-methyl/N-ethyl adjacent to an activating group) is 1. The normalized spacial score (nSPS) is 16.2. The van der Waals surface area contributed by atoms with Crippen LogP contribution in [0.25, 0.3) is 0 Å². The first kappa shape index (κ1) is 53.3. The number of hydrogen-bond acceptors (Lipinski definition) is 10. The van der Waals surface area contributed by atoms with E-state index in [2.05, 4.69) is 46.9 Å². The number of phosphoric ester groups is 1. The van der Waals surface area contributed by atoms with Gasteiger partial charge in [0, 0.05) is 6.54 Å². The van der Waals surface area contributed by atoms with Crippen molar-refractivity contribution in [3.8, 4) is 11.5 Å². The second-order valence-electron chi connectivity index (χ2n) is 19.8. The number of ether oxygens (including phenoxy) is 2. The number of phosphoric acid groups is 1. The van der Waals surface area contributed by atoms with E-state index in [1.54, 1.807) is 6.07 Å². The summed E-state index contributed by atoms with van der Waals surface area (Å²) >= 11 is 0. The summed E-state index contributed by atoms with van der Waals surface area (Å²) in [6.45, 7) is 28.6. The van der Waals surface area contributed by atoms with Crippen LogP contribution in [0.4, 0.5) is 0 Å². The number of carbonyl (C=O) groups is 3. The van der Waals surface area contributed by atoms with Gasteiger partial charge in [0.2, 0.25) is 5.91 Å². The highest BCUT2D eigenvalue weighted by Gasteiger charge is 2.62. The van der Waals surface area contributed by atoms with Gasteiger partial charge in [0.15, 0.2) is 11.5 Å². The maximum atomic E-state index is 14.9. The minimum absolute atomic E-state index is 0.0321. The van der Waals surface area contributed by atoms with Crippen LogP contribution in [0.1, 0.15) is 135 Å². The molecule has 1 amide bonds. The van der Waals surface area contributed by atoms with E-state index < -0.39 is 51.7 Å². The molecular formula is C44H80N2O11P+. The molecule has 3 atom stereocenters. The van der Waals surface area contributed by atoms with Crippen LogP contribution in [0.3, 0.4) is 0 Å². The van der Waals surface area contributed by atoms with Crippen LogP contribution in [-0.2, 0) is 43.9 Å². The number of benzene rings is 1. The summed E-state index contributed by atoms with van der Waals surface area (Å²) in [4.78, 5) is 53.5. The third kappa shape index (κ3) is 13.1. The van der Waals surface area contributed by atoms with Crippen LogP contribution < -0.4 is 10.2 Å². The molecule has 0 aliphatic carbocycles. The maximum absolute atomic E-state index is 14.9. The van der Waals surface area contributed by atoms with Crippen molar-refractivity contribution in [1.29, 1.82) is 0 Å². The zero-order valence-corrected chi connectivity index (χ0v) is 39.7. The van der Waals surface area contributed by atoms with E-state index in [1.807, 2.05) is 69.5 Å². The van der Waals surface area contributed by atoms with Gasteiger partial charge >= 0.3 is 19.8 Å². The van der Waals surface area contributed by atoms with Crippen LogP contribution in [0.5, 0.6) is 11.5 Å². The number of quaternary nitrogens is 1. The molecule has 336 valence electrons. The van der Waals surface area contributed by atoms with Crippen molar-refractivity contribution in [2.75, 3.05) is 53.6 Å². The highest BCUT2D eigenvalue weighted by molar-refractivity contribution is 7.47. The Morgan fingerprint density at radius 2 is 1.26 bits per heavy atom. The van der Waals surface area contributed by atoms with Crippen LogP contribution in [0, 0.1) is 37.9 Å². The molecule has 0 saturated heterocycles. The molecule has 1 aromatic rings. The van der Waals surface area contributed by atoms with Crippen molar-refractivity contribution < 1.29 is 57.5 Å². The molecule has 14 heteroatoms. The molecule has 13 nitrogen and oxygen atoms in total. The van der Waals surface area contributed by atoms with Crippen molar-refractivity contribution in [2.45, 2.75) is 135 Å². The highest BCUT2D eigenvalue weighted by atomic mass is 31.2. The predicted molar refractivity (Wildman–Crippen MR) is 227 cm³/mol. The van der Waals surface area contributed by atoms with Crippen molar-refractivity contribution >= 4 is 25.7 Å². The Morgan fingerprint density at radius 1 is 0.724 bits per heavy atom. The van der Waals surface area contributed by atoms with Crippen LogP contribution in [-0.4, -0.2) is 86.6 Å². The molecule has 0 aliphatic rings. The second-order valence-corrected chi connectivity index (χ2v) is 21.3. The third-order valence-electron chi connectivity index (χ3n) is 13.9. The number of amides is 1. The number of phenols is 2. The van der Waals surface area contributed by atoms with Crippen LogP contribution in [0.15, 0.2) is 18.2 Å². The van der Waals surface area contributed by atoms with Gasteiger partial charge in [0.05, 0.1) is 43.6 Å².